The Balaban J connectivity index is 2.70. The minimum absolute atomic E-state index is 0.0880. The van der Waals surface area contributed by atoms with Crippen LogP contribution in [0.3, 0.4) is 0 Å². The molecule has 1 atom stereocenters. The SMILES string of the molecule is CNC(=O)[C@@H]1CCCN1C(C)(C)C. The van der Waals surface area contributed by atoms with Crippen LogP contribution >= 0.6 is 0 Å². The highest BCUT2D eigenvalue weighted by molar-refractivity contribution is 5.81. The number of nitrogens with zero attached hydrogens (tertiary/aromatic N) is 1. The zero-order chi connectivity index (χ0) is 10.1. The minimum Gasteiger partial charge on any atom is -0.358 e. The van der Waals surface area contributed by atoms with Gasteiger partial charge in [-0.25, -0.2) is 0 Å². The molecule has 1 saturated heterocycles. The van der Waals surface area contributed by atoms with E-state index < -0.39 is 0 Å². The Morgan fingerprint density at radius 3 is 2.54 bits per heavy atom. The normalized spacial score (nSPS) is 24.8. The predicted molar refractivity (Wildman–Crippen MR) is 53.5 cm³/mol. The van der Waals surface area contributed by atoms with E-state index in [1.54, 1.807) is 7.05 Å². The van der Waals surface area contributed by atoms with E-state index in [9.17, 15) is 4.79 Å². The lowest BCUT2D eigenvalue weighted by Crippen LogP contribution is -2.50. The number of likely N-dealkylation sites (tertiary alicyclic amines) is 1. The fourth-order valence-corrected chi connectivity index (χ4v) is 2.01. The van der Waals surface area contributed by atoms with Gasteiger partial charge in [0.25, 0.3) is 0 Å². The summed E-state index contributed by atoms with van der Waals surface area (Å²) in [7, 11) is 1.71. The van der Waals surface area contributed by atoms with Crippen LogP contribution in [-0.4, -0.2) is 36.0 Å². The quantitative estimate of drug-likeness (QED) is 0.659. The maximum Gasteiger partial charge on any atom is 0.237 e. The first-order valence-corrected chi connectivity index (χ1v) is 4.95. The molecule has 76 valence electrons. The zero-order valence-electron chi connectivity index (χ0n) is 9.05. The number of likely N-dealkylation sites (N-methyl/N-ethyl adjacent to an activating group) is 1. The van der Waals surface area contributed by atoms with Crippen molar-refractivity contribution in [3.8, 4) is 0 Å². The second-order valence-corrected chi connectivity index (χ2v) is 4.64. The molecule has 0 aromatic carbocycles. The van der Waals surface area contributed by atoms with E-state index in [2.05, 4.69) is 31.0 Å². The summed E-state index contributed by atoms with van der Waals surface area (Å²) in [5.41, 5.74) is 0.105. The summed E-state index contributed by atoms with van der Waals surface area (Å²) in [6.07, 6.45) is 2.13. The fourth-order valence-electron chi connectivity index (χ4n) is 2.01. The molecule has 3 nitrogen and oxygen atoms in total. The molecule has 1 rings (SSSR count). The maximum absolute atomic E-state index is 11.5. The molecular formula is C10H20N2O. The van der Waals surface area contributed by atoms with Gasteiger partial charge in [-0.05, 0) is 40.2 Å². The molecule has 3 heteroatoms. The number of hydrogen-bond donors (Lipinski definition) is 1. The third kappa shape index (κ3) is 2.21. The van der Waals surface area contributed by atoms with Crippen LogP contribution < -0.4 is 5.32 Å². The van der Waals surface area contributed by atoms with Gasteiger partial charge < -0.3 is 5.32 Å². The van der Waals surface area contributed by atoms with E-state index in [1.165, 1.54) is 0 Å². The van der Waals surface area contributed by atoms with Crippen molar-refractivity contribution in [1.29, 1.82) is 0 Å². The smallest absolute Gasteiger partial charge is 0.237 e. The van der Waals surface area contributed by atoms with Crippen molar-refractivity contribution in [2.75, 3.05) is 13.6 Å². The molecule has 0 unspecified atom stereocenters. The fraction of sp³-hybridized carbons (Fsp3) is 0.900. The lowest BCUT2D eigenvalue weighted by Gasteiger charge is -2.35. The number of nitrogens with one attached hydrogen (secondary N) is 1. The van der Waals surface area contributed by atoms with Crippen LogP contribution in [-0.2, 0) is 4.79 Å². The Morgan fingerprint density at radius 1 is 1.46 bits per heavy atom. The first kappa shape index (κ1) is 10.5. The molecule has 0 spiro atoms. The molecule has 1 aliphatic rings. The average Bonchev–Trinajstić information content (AvgIpc) is 2.49. The molecule has 1 heterocycles. The van der Waals surface area contributed by atoms with Crippen molar-refractivity contribution in [2.45, 2.75) is 45.2 Å². The van der Waals surface area contributed by atoms with Gasteiger partial charge in [-0.15, -0.1) is 0 Å². The van der Waals surface area contributed by atoms with Crippen molar-refractivity contribution in [2.24, 2.45) is 0 Å². The second kappa shape index (κ2) is 3.66. The lowest BCUT2D eigenvalue weighted by molar-refractivity contribution is -0.126. The Bertz CT molecular complexity index is 196. The van der Waals surface area contributed by atoms with Crippen molar-refractivity contribution in [1.82, 2.24) is 10.2 Å². The number of rotatable bonds is 1. The van der Waals surface area contributed by atoms with Crippen LogP contribution in [0.1, 0.15) is 33.6 Å². The van der Waals surface area contributed by atoms with Gasteiger partial charge in [-0.1, -0.05) is 0 Å². The zero-order valence-corrected chi connectivity index (χ0v) is 9.05. The maximum atomic E-state index is 11.5. The summed E-state index contributed by atoms with van der Waals surface area (Å²) >= 11 is 0. The summed E-state index contributed by atoms with van der Waals surface area (Å²) < 4.78 is 0. The van der Waals surface area contributed by atoms with Crippen molar-refractivity contribution in [3.05, 3.63) is 0 Å². The van der Waals surface area contributed by atoms with Gasteiger partial charge in [-0.2, -0.15) is 0 Å². The first-order chi connectivity index (χ1) is 5.96. The first-order valence-electron chi connectivity index (χ1n) is 4.95. The van der Waals surface area contributed by atoms with Crippen LogP contribution in [0.4, 0.5) is 0 Å². The highest BCUT2D eigenvalue weighted by Gasteiger charge is 2.36. The van der Waals surface area contributed by atoms with Crippen molar-refractivity contribution < 1.29 is 4.79 Å². The molecule has 0 bridgehead atoms. The number of hydrogen-bond acceptors (Lipinski definition) is 2. The van der Waals surface area contributed by atoms with Crippen LogP contribution in [0, 0.1) is 0 Å². The van der Waals surface area contributed by atoms with E-state index in [0.29, 0.717) is 0 Å². The van der Waals surface area contributed by atoms with Crippen molar-refractivity contribution >= 4 is 5.91 Å². The molecule has 1 fully saturated rings. The average molecular weight is 184 g/mol. The highest BCUT2D eigenvalue weighted by atomic mass is 16.2. The molecule has 1 aliphatic heterocycles. The molecule has 1 N–H and O–H groups in total. The van der Waals surface area contributed by atoms with Gasteiger partial charge >= 0.3 is 0 Å². The molecule has 0 saturated carbocycles. The predicted octanol–water partition coefficient (Wildman–Crippen LogP) is 0.995. The van der Waals surface area contributed by atoms with Gasteiger partial charge in [0.15, 0.2) is 0 Å². The summed E-state index contributed by atoms with van der Waals surface area (Å²) in [6, 6.07) is 0.0880. The molecular weight excluding hydrogens is 164 g/mol. The topological polar surface area (TPSA) is 32.3 Å². The minimum atomic E-state index is 0.0880. The second-order valence-electron chi connectivity index (χ2n) is 4.64. The van der Waals surface area contributed by atoms with Gasteiger partial charge in [0.1, 0.15) is 0 Å². The van der Waals surface area contributed by atoms with E-state index in [4.69, 9.17) is 0 Å². The van der Waals surface area contributed by atoms with Gasteiger partial charge in [0.05, 0.1) is 6.04 Å². The molecule has 1 amide bonds. The Morgan fingerprint density at radius 2 is 2.08 bits per heavy atom. The van der Waals surface area contributed by atoms with Crippen LogP contribution in [0.5, 0.6) is 0 Å². The van der Waals surface area contributed by atoms with E-state index in [0.717, 1.165) is 19.4 Å². The molecule has 0 aromatic rings. The molecule has 13 heavy (non-hydrogen) atoms. The Labute approximate surface area is 80.5 Å². The van der Waals surface area contributed by atoms with E-state index in [1.807, 2.05) is 0 Å². The summed E-state index contributed by atoms with van der Waals surface area (Å²) in [6.45, 7) is 7.53. The van der Waals surface area contributed by atoms with Crippen LogP contribution in [0.2, 0.25) is 0 Å². The van der Waals surface area contributed by atoms with E-state index in [-0.39, 0.29) is 17.5 Å². The summed E-state index contributed by atoms with van der Waals surface area (Å²) in [5.74, 6) is 0.160. The van der Waals surface area contributed by atoms with Gasteiger partial charge in [0.2, 0.25) is 5.91 Å². The number of amides is 1. The molecule has 0 aliphatic carbocycles. The molecule has 0 radical (unpaired) electrons. The molecule has 0 aromatic heterocycles. The number of carbonyl (C=O) groups excluding carboxylic acids is 1. The van der Waals surface area contributed by atoms with Crippen LogP contribution in [0.25, 0.3) is 0 Å². The highest BCUT2D eigenvalue weighted by Crippen LogP contribution is 2.26. The van der Waals surface area contributed by atoms with Gasteiger partial charge in [-0.3, -0.25) is 9.69 Å². The lowest BCUT2D eigenvalue weighted by atomic mass is 10.0. The summed E-state index contributed by atoms with van der Waals surface area (Å²) in [5, 5.41) is 2.73. The monoisotopic (exact) mass is 184 g/mol. The Hall–Kier alpha value is -0.570. The summed E-state index contributed by atoms with van der Waals surface area (Å²) in [4.78, 5) is 13.8. The standard InChI is InChI=1S/C10H20N2O/c1-10(2,3)12-7-5-6-8(12)9(13)11-4/h8H,5-7H2,1-4H3,(H,11,13)/t8-/m0/s1. The number of carbonyl (C=O) groups is 1. The third-order valence-electron chi connectivity index (χ3n) is 2.66. The third-order valence-corrected chi connectivity index (χ3v) is 2.66. The van der Waals surface area contributed by atoms with Gasteiger partial charge in [0, 0.05) is 12.6 Å². The Kier molecular flexibility index (Phi) is 2.96. The van der Waals surface area contributed by atoms with Crippen molar-refractivity contribution in [3.63, 3.8) is 0 Å². The largest absolute Gasteiger partial charge is 0.358 e. The van der Waals surface area contributed by atoms with E-state index >= 15 is 0 Å². The van der Waals surface area contributed by atoms with Crippen LogP contribution in [0.15, 0.2) is 0 Å².